The molecule has 0 fully saturated rings. The Morgan fingerprint density at radius 1 is 1.31 bits per heavy atom. The summed E-state index contributed by atoms with van der Waals surface area (Å²) in [6, 6.07) is 11.6. The lowest BCUT2D eigenvalue weighted by molar-refractivity contribution is 0.0527. The number of esters is 1. The first-order valence-electron chi connectivity index (χ1n) is 9.35. The number of nitrogens with zero attached hydrogens (tertiary/aromatic N) is 2. The number of carbonyl (C=O) groups is 1. The van der Waals surface area contributed by atoms with Crippen LogP contribution in [-0.2, 0) is 18.3 Å². The molecule has 0 aliphatic rings. The summed E-state index contributed by atoms with van der Waals surface area (Å²) in [6.07, 6.45) is 0. The molecule has 7 heteroatoms. The number of phenols is 1. The minimum atomic E-state index is -0.412. The number of fused-ring (bicyclic) bond motifs is 1. The van der Waals surface area contributed by atoms with E-state index in [9.17, 15) is 9.90 Å². The fraction of sp³-hybridized carbons (Fsp3) is 0.318. The van der Waals surface area contributed by atoms with Crippen LogP contribution in [0.3, 0.4) is 0 Å². The minimum Gasteiger partial charge on any atom is -0.506 e. The van der Waals surface area contributed by atoms with Crippen LogP contribution in [0.2, 0.25) is 0 Å². The number of hydrogen-bond donors (Lipinski definition) is 2. The molecule has 0 radical (unpaired) electrons. The van der Waals surface area contributed by atoms with E-state index < -0.39 is 5.97 Å². The molecule has 3 aromatic rings. The quantitative estimate of drug-likeness (QED) is 0.392. The molecule has 0 amide bonds. The highest BCUT2D eigenvalue weighted by molar-refractivity contribution is 9.10. The summed E-state index contributed by atoms with van der Waals surface area (Å²) < 4.78 is 7.96. The number of ether oxygens (including phenoxy) is 1. The highest BCUT2D eigenvalue weighted by Gasteiger charge is 2.30. The Kier molecular flexibility index (Phi) is 6.61. The van der Waals surface area contributed by atoms with Gasteiger partial charge in [0.05, 0.1) is 33.1 Å². The van der Waals surface area contributed by atoms with Gasteiger partial charge < -0.3 is 19.3 Å². The zero-order valence-electron chi connectivity index (χ0n) is 16.9. The number of phenolic OH excluding ortho intramolecular Hbond substituents is 1. The molecule has 0 saturated heterocycles. The fourth-order valence-corrected chi connectivity index (χ4v) is 4.57. The van der Waals surface area contributed by atoms with Crippen LogP contribution in [0.25, 0.3) is 10.9 Å². The van der Waals surface area contributed by atoms with E-state index in [1.807, 2.05) is 67.0 Å². The molecule has 5 nitrogen and oxygen atoms in total. The van der Waals surface area contributed by atoms with Crippen LogP contribution in [0.1, 0.15) is 39.4 Å². The number of aromatic nitrogens is 1. The maximum atomic E-state index is 13.1. The van der Waals surface area contributed by atoms with Gasteiger partial charge in [0.25, 0.3) is 0 Å². The zero-order chi connectivity index (χ0) is 21.3. The number of aromatic hydroxyl groups is 1. The fourth-order valence-electron chi connectivity index (χ4n) is 3.64. The molecule has 1 aromatic heterocycles. The average molecular weight is 477 g/mol. The summed E-state index contributed by atoms with van der Waals surface area (Å²) in [5.41, 5.74) is 3.68. The molecule has 2 aromatic carbocycles. The van der Waals surface area contributed by atoms with Crippen LogP contribution < -0.4 is 0 Å². The van der Waals surface area contributed by atoms with Gasteiger partial charge in [-0.25, -0.2) is 4.79 Å². The van der Waals surface area contributed by atoms with Gasteiger partial charge in [-0.3, -0.25) is 0 Å². The second-order valence-corrected chi connectivity index (χ2v) is 8.54. The summed E-state index contributed by atoms with van der Waals surface area (Å²) in [5, 5.41) is 11.1. The first kappa shape index (κ1) is 21.7. The van der Waals surface area contributed by atoms with Crippen LogP contribution in [0, 0.1) is 0 Å². The molecule has 29 heavy (non-hydrogen) atoms. The van der Waals surface area contributed by atoms with E-state index >= 15 is 0 Å². The van der Waals surface area contributed by atoms with Crippen LogP contribution in [0.4, 0.5) is 0 Å². The van der Waals surface area contributed by atoms with E-state index in [1.165, 1.54) is 0 Å². The summed E-state index contributed by atoms with van der Waals surface area (Å²) >= 11 is 8.32. The smallest absolute Gasteiger partial charge is 0.340 e. The third-order valence-corrected chi connectivity index (χ3v) is 6.04. The molecular weight excluding hydrogens is 452 g/mol. The maximum absolute atomic E-state index is 13.1. The summed E-state index contributed by atoms with van der Waals surface area (Å²) in [5.74, 6) is -0.283. The first-order valence-corrected chi connectivity index (χ1v) is 10.7. The van der Waals surface area contributed by atoms with Crippen molar-refractivity contribution in [3.63, 3.8) is 0 Å². The van der Waals surface area contributed by atoms with E-state index in [0.29, 0.717) is 27.5 Å². The van der Waals surface area contributed by atoms with Crippen molar-refractivity contribution < 1.29 is 14.6 Å². The second kappa shape index (κ2) is 8.81. The van der Waals surface area contributed by atoms with Crippen molar-refractivity contribution in [1.29, 1.82) is 0 Å². The Hall–Kier alpha value is -1.96. The molecule has 3 rings (SSSR count). The standard InChI is InChI=1S/C22H25BrN2O3S/c1-5-28-22(27)18-17-14(12-24(2)3)20(26)15(23)11-16(17)25(4)19(18)21(29)13-9-7-6-8-10-13/h6-11,21,26,29H,5,12H2,1-4H3. The van der Waals surface area contributed by atoms with E-state index in [1.54, 1.807) is 6.92 Å². The molecule has 0 bridgehead atoms. The van der Waals surface area contributed by atoms with Gasteiger partial charge in [0, 0.05) is 24.5 Å². The largest absolute Gasteiger partial charge is 0.506 e. The van der Waals surface area contributed by atoms with Gasteiger partial charge in [0.1, 0.15) is 5.75 Å². The predicted octanol–water partition coefficient (Wildman–Crippen LogP) is 4.90. The summed E-state index contributed by atoms with van der Waals surface area (Å²) in [6.45, 7) is 2.52. The zero-order valence-corrected chi connectivity index (χ0v) is 19.4. The van der Waals surface area contributed by atoms with Crippen LogP contribution in [-0.4, -0.2) is 41.2 Å². The Labute approximate surface area is 184 Å². The molecule has 1 unspecified atom stereocenters. The third kappa shape index (κ3) is 4.04. The van der Waals surface area contributed by atoms with E-state index in [4.69, 9.17) is 17.4 Å². The van der Waals surface area contributed by atoms with Crippen LogP contribution >= 0.6 is 28.6 Å². The number of rotatable bonds is 6. The molecule has 0 saturated carbocycles. The normalized spacial score (nSPS) is 12.5. The lowest BCUT2D eigenvalue weighted by atomic mass is 10.00. The predicted molar refractivity (Wildman–Crippen MR) is 123 cm³/mol. The van der Waals surface area contributed by atoms with Crippen molar-refractivity contribution in [3.8, 4) is 5.75 Å². The topological polar surface area (TPSA) is 54.7 Å². The molecule has 1 atom stereocenters. The number of hydrogen-bond acceptors (Lipinski definition) is 5. The number of carbonyl (C=O) groups excluding carboxylic acids is 1. The minimum absolute atomic E-state index is 0.129. The Morgan fingerprint density at radius 2 is 1.97 bits per heavy atom. The number of aryl methyl sites for hydroxylation is 1. The molecule has 0 aliphatic heterocycles. The molecule has 0 spiro atoms. The van der Waals surface area contributed by atoms with E-state index in [0.717, 1.165) is 16.8 Å². The summed E-state index contributed by atoms with van der Waals surface area (Å²) in [4.78, 5) is 15.0. The SMILES string of the molecule is CCOC(=O)c1c(C(S)c2ccccc2)n(C)c2cc(Br)c(O)c(CN(C)C)c12. The number of halogens is 1. The molecule has 1 N–H and O–H groups in total. The van der Waals surface area contributed by atoms with Crippen molar-refractivity contribution in [2.24, 2.45) is 7.05 Å². The van der Waals surface area contributed by atoms with Gasteiger partial charge in [-0.2, -0.15) is 12.6 Å². The highest BCUT2D eigenvalue weighted by Crippen LogP contribution is 2.43. The van der Waals surface area contributed by atoms with Crippen molar-refractivity contribution in [1.82, 2.24) is 9.47 Å². The highest BCUT2D eigenvalue weighted by atomic mass is 79.9. The van der Waals surface area contributed by atoms with Crippen molar-refractivity contribution in [2.45, 2.75) is 18.7 Å². The van der Waals surface area contributed by atoms with Gasteiger partial charge in [0.2, 0.25) is 0 Å². The van der Waals surface area contributed by atoms with Gasteiger partial charge in [-0.05, 0) is 48.6 Å². The number of benzene rings is 2. The van der Waals surface area contributed by atoms with Gasteiger partial charge in [0.15, 0.2) is 0 Å². The van der Waals surface area contributed by atoms with Crippen LogP contribution in [0.15, 0.2) is 40.9 Å². The summed E-state index contributed by atoms with van der Waals surface area (Å²) in [7, 11) is 5.76. The van der Waals surface area contributed by atoms with Crippen molar-refractivity contribution >= 4 is 45.4 Å². The van der Waals surface area contributed by atoms with Crippen molar-refractivity contribution in [2.75, 3.05) is 20.7 Å². The van der Waals surface area contributed by atoms with Gasteiger partial charge in [-0.1, -0.05) is 30.3 Å². The Bertz CT molecular complexity index is 1050. The second-order valence-electron chi connectivity index (χ2n) is 7.17. The van der Waals surface area contributed by atoms with Crippen LogP contribution in [0.5, 0.6) is 5.75 Å². The Morgan fingerprint density at radius 3 is 2.55 bits per heavy atom. The van der Waals surface area contributed by atoms with E-state index in [-0.39, 0.29) is 17.6 Å². The number of thiol groups is 1. The van der Waals surface area contributed by atoms with Gasteiger partial charge >= 0.3 is 5.97 Å². The van der Waals surface area contributed by atoms with E-state index in [2.05, 4.69) is 15.9 Å². The third-order valence-electron chi connectivity index (χ3n) is 4.89. The maximum Gasteiger partial charge on any atom is 0.340 e. The molecule has 0 aliphatic carbocycles. The lowest BCUT2D eigenvalue weighted by Gasteiger charge is -2.16. The monoisotopic (exact) mass is 476 g/mol. The lowest BCUT2D eigenvalue weighted by Crippen LogP contribution is -2.13. The molecule has 1 heterocycles. The Balaban J connectivity index is 2.40. The average Bonchev–Trinajstić information content (AvgIpc) is 2.98. The molecular formula is C22H25BrN2O3S. The van der Waals surface area contributed by atoms with Gasteiger partial charge in [-0.15, -0.1) is 0 Å². The first-order chi connectivity index (χ1) is 13.8. The van der Waals surface area contributed by atoms with Crippen molar-refractivity contribution in [3.05, 3.63) is 63.3 Å². The molecule has 154 valence electrons.